The molecule has 0 amide bonds. The Labute approximate surface area is 173 Å². The molecule has 0 radical (unpaired) electrons. The van der Waals surface area contributed by atoms with Crippen molar-refractivity contribution in [1.29, 1.82) is 0 Å². The van der Waals surface area contributed by atoms with Gasteiger partial charge in [0.25, 0.3) is 0 Å². The van der Waals surface area contributed by atoms with Crippen molar-refractivity contribution in [2.45, 2.75) is 82.8 Å². The Bertz CT molecular complexity index is 703. The number of hydrogen-bond donors (Lipinski definition) is 1. The summed E-state index contributed by atoms with van der Waals surface area (Å²) in [4.78, 5) is 11.5. The normalized spacial score (nSPS) is 33.1. The first-order chi connectivity index (χ1) is 13.5. The molecule has 1 aromatic rings. The third-order valence-corrected chi connectivity index (χ3v) is 10.4. The van der Waals surface area contributed by atoms with Gasteiger partial charge >= 0.3 is 5.97 Å². The van der Waals surface area contributed by atoms with E-state index in [1.54, 1.807) is 0 Å². The maximum Gasteiger partial charge on any atom is 0.305 e. The molecule has 6 atom stereocenters. The number of esters is 1. The van der Waals surface area contributed by atoms with Gasteiger partial charge in [0.15, 0.2) is 14.6 Å². The van der Waals surface area contributed by atoms with Crippen LogP contribution in [-0.2, 0) is 28.2 Å². The molecule has 1 N–H and O–H groups in total. The van der Waals surface area contributed by atoms with E-state index in [9.17, 15) is 9.90 Å². The molecule has 0 aliphatic carbocycles. The lowest BCUT2D eigenvalue weighted by Crippen LogP contribution is -2.65. The van der Waals surface area contributed by atoms with E-state index >= 15 is 0 Å². The van der Waals surface area contributed by atoms with Crippen LogP contribution in [0.4, 0.5) is 0 Å². The highest BCUT2D eigenvalue weighted by Crippen LogP contribution is 2.42. The van der Waals surface area contributed by atoms with Crippen molar-refractivity contribution >= 4 is 14.3 Å². The molecule has 7 nitrogen and oxygen atoms in total. The summed E-state index contributed by atoms with van der Waals surface area (Å²) in [7, 11) is -2.26. The van der Waals surface area contributed by atoms with Gasteiger partial charge in [-0.3, -0.25) is 4.79 Å². The van der Waals surface area contributed by atoms with Gasteiger partial charge in [-0.25, -0.2) is 0 Å². The number of fused-ring (bicyclic) bond motifs is 1. The fourth-order valence-electron chi connectivity index (χ4n) is 3.25. The van der Waals surface area contributed by atoms with Gasteiger partial charge in [-0.1, -0.05) is 51.1 Å². The molecule has 8 heteroatoms. The van der Waals surface area contributed by atoms with Gasteiger partial charge < -0.3 is 28.5 Å². The lowest BCUT2D eigenvalue weighted by molar-refractivity contribution is -0.353. The van der Waals surface area contributed by atoms with Crippen molar-refractivity contribution in [2.75, 3.05) is 6.61 Å². The van der Waals surface area contributed by atoms with Crippen LogP contribution in [0.15, 0.2) is 30.3 Å². The highest BCUT2D eigenvalue weighted by Gasteiger charge is 2.54. The summed E-state index contributed by atoms with van der Waals surface area (Å²) in [5.74, 6) is -0.529. The molecular formula is C21H32O7Si. The Morgan fingerprint density at radius 2 is 1.83 bits per heavy atom. The van der Waals surface area contributed by atoms with E-state index in [2.05, 4.69) is 33.9 Å². The topological polar surface area (TPSA) is 83.5 Å². The average molecular weight is 425 g/mol. The van der Waals surface area contributed by atoms with Crippen LogP contribution in [-0.4, -0.2) is 56.7 Å². The summed E-state index contributed by atoms with van der Waals surface area (Å²) in [6.07, 6.45) is -4.63. The monoisotopic (exact) mass is 424 g/mol. The van der Waals surface area contributed by atoms with Gasteiger partial charge in [-0.05, 0) is 18.1 Å². The van der Waals surface area contributed by atoms with Crippen LogP contribution in [0.25, 0.3) is 0 Å². The summed E-state index contributed by atoms with van der Waals surface area (Å²) in [5, 5.41) is 10.9. The average Bonchev–Trinajstić information content (AvgIpc) is 2.64. The first-order valence-corrected chi connectivity index (χ1v) is 12.9. The maximum atomic E-state index is 11.5. The fraction of sp³-hybridized carbons (Fsp3) is 0.667. The first-order valence-electron chi connectivity index (χ1n) is 10.0. The number of carbonyl (C=O) groups is 1. The van der Waals surface area contributed by atoms with E-state index in [0.717, 1.165) is 5.56 Å². The van der Waals surface area contributed by atoms with Gasteiger partial charge in [0.1, 0.15) is 24.4 Å². The molecule has 2 aliphatic heterocycles. The zero-order valence-electron chi connectivity index (χ0n) is 18.0. The largest absolute Gasteiger partial charge is 0.433 e. The number of rotatable bonds is 4. The molecule has 2 aliphatic rings. The third kappa shape index (κ3) is 4.90. The van der Waals surface area contributed by atoms with Crippen LogP contribution in [0.3, 0.4) is 0 Å². The molecule has 0 saturated carbocycles. The second-order valence-electron chi connectivity index (χ2n) is 9.16. The lowest BCUT2D eigenvalue weighted by atomic mass is 9.98. The summed E-state index contributed by atoms with van der Waals surface area (Å²) in [5.41, 5.74) is 0.883. The number of aliphatic hydroxyl groups is 1. The molecular weight excluding hydrogens is 392 g/mol. The molecule has 162 valence electrons. The van der Waals surface area contributed by atoms with Crippen LogP contribution in [0.2, 0.25) is 18.1 Å². The highest BCUT2D eigenvalue weighted by molar-refractivity contribution is 6.74. The maximum absolute atomic E-state index is 11.5. The molecule has 0 aromatic heterocycles. The minimum atomic E-state index is -2.26. The molecule has 2 heterocycles. The van der Waals surface area contributed by atoms with Gasteiger partial charge in [0.2, 0.25) is 6.29 Å². The molecule has 1 aromatic carbocycles. The summed E-state index contributed by atoms with van der Waals surface area (Å²) < 4.78 is 29.7. The van der Waals surface area contributed by atoms with Crippen molar-refractivity contribution in [3.63, 3.8) is 0 Å². The minimum absolute atomic E-state index is 0.0680. The molecule has 2 saturated heterocycles. The highest BCUT2D eigenvalue weighted by atomic mass is 28.4. The van der Waals surface area contributed by atoms with E-state index in [4.69, 9.17) is 23.4 Å². The van der Waals surface area contributed by atoms with Gasteiger partial charge in [0.05, 0.1) is 6.61 Å². The molecule has 3 rings (SSSR count). The van der Waals surface area contributed by atoms with E-state index in [1.165, 1.54) is 6.92 Å². The Balaban J connectivity index is 1.87. The summed E-state index contributed by atoms with van der Waals surface area (Å²) in [6.45, 7) is 12.1. The number of carbonyl (C=O) groups excluding carboxylic acids is 1. The standard InChI is InChI=1S/C21H32O7Si/c1-13(22)25-20-16(23)18(28-29(5,6)21(2,3)4)17-15(26-20)12-24-19(27-17)14-10-8-7-9-11-14/h7-11,15-20,23H,12H2,1-6H3/t15-,16-,17-,18-,19-,20+/m1/s1. The van der Waals surface area contributed by atoms with E-state index in [-0.39, 0.29) is 11.6 Å². The Kier molecular flexibility index (Phi) is 6.52. The predicted molar refractivity (Wildman–Crippen MR) is 109 cm³/mol. The zero-order valence-corrected chi connectivity index (χ0v) is 19.0. The molecule has 29 heavy (non-hydrogen) atoms. The van der Waals surface area contributed by atoms with Crippen LogP contribution in [0, 0.1) is 0 Å². The first kappa shape index (κ1) is 22.4. The van der Waals surface area contributed by atoms with Crippen LogP contribution in [0.1, 0.15) is 39.5 Å². The van der Waals surface area contributed by atoms with Crippen LogP contribution >= 0.6 is 0 Å². The van der Waals surface area contributed by atoms with Crippen molar-refractivity contribution in [2.24, 2.45) is 0 Å². The lowest BCUT2D eigenvalue weighted by Gasteiger charge is -2.50. The van der Waals surface area contributed by atoms with E-state index < -0.39 is 51.3 Å². The van der Waals surface area contributed by atoms with Gasteiger partial charge in [-0.2, -0.15) is 0 Å². The van der Waals surface area contributed by atoms with E-state index in [0.29, 0.717) is 0 Å². The fourth-order valence-corrected chi connectivity index (χ4v) is 4.56. The third-order valence-electron chi connectivity index (χ3n) is 5.90. The number of hydrogen-bond acceptors (Lipinski definition) is 7. The van der Waals surface area contributed by atoms with Gasteiger partial charge in [0, 0.05) is 12.5 Å². The van der Waals surface area contributed by atoms with Crippen LogP contribution < -0.4 is 0 Å². The summed E-state index contributed by atoms with van der Waals surface area (Å²) >= 11 is 0. The Morgan fingerprint density at radius 3 is 2.41 bits per heavy atom. The second-order valence-corrected chi connectivity index (χ2v) is 13.9. The van der Waals surface area contributed by atoms with Crippen LogP contribution in [0.5, 0.6) is 0 Å². The van der Waals surface area contributed by atoms with Gasteiger partial charge in [-0.15, -0.1) is 0 Å². The smallest absolute Gasteiger partial charge is 0.305 e. The number of ether oxygens (including phenoxy) is 4. The Morgan fingerprint density at radius 1 is 1.17 bits per heavy atom. The minimum Gasteiger partial charge on any atom is -0.433 e. The number of aliphatic hydroxyl groups excluding tert-OH is 1. The predicted octanol–water partition coefficient (Wildman–Crippen LogP) is 3.14. The second kappa shape index (κ2) is 8.45. The molecule has 2 fully saturated rings. The molecule has 0 spiro atoms. The van der Waals surface area contributed by atoms with Crippen molar-refractivity contribution < 1.29 is 33.3 Å². The summed E-state index contributed by atoms with van der Waals surface area (Å²) in [6, 6.07) is 9.62. The Hall–Kier alpha value is -1.29. The van der Waals surface area contributed by atoms with Crippen molar-refractivity contribution in [1.82, 2.24) is 0 Å². The SMILES string of the molecule is CC(=O)O[C@H]1O[C@@H]2CO[C@@H](c3ccccc3)O[C@H]2[C@H](O[Si](C)(C)C(C)(C)C)[C@H]1O. The van der Waals surface area contributed by atoms with E-state index in [1.807, 2.05) is 30.3 Å². The number of benzene rings is 1. The van der Waals surface area contributed by atoms with Crippen molar-refractivity contribution in [3.05, 3.63) is 35.9 Å². The van der Waals surface area contributed by atoms with Crippen molar-refractivity contribution in [3.8, 4) is 0 Å². The molecule has 0 bridgehead atoms. The quantitative estimate of drug-likeness (QED) is 0.587. The molecule has 0 unspecified atom stereocenters. The zero-order chi connectivity index (χ0) is 21.4.